The SMILES string of the molecule is CCNC1CCCN(C(=O)C2CCC(F)(F)CC2)C1. The Hall–Kier alpha value is -0.710. The molecule has 1 saturated carbocycles. The molecule has 2 fully saturated rings. The number of rotatable bonds is 3. The molecule has 1 aliphatic heterocycles. The molecule has 0 radical (unpaired) electrons. The summed E-state index contributed by atoms with van der Waals surface area (Å²) in [6, 6.07) is 0.368. The summed E-state index contributed by atoms with van der Waals surface area (Å²) in [5.74, 6) is -2.64. The van der Waals surface area contributed by atoms with Crippen molar-refractivity contribution >= 4 is 5.91 Å². The van der Waals surface area contributed by atoms with Crippen LogP contribution in [-0.2, 0) is 4.79 Å². The summed E-state index contributed by atoms with van der Waals surface area (Å²) >= 11 is 0. The second-order valence-corrected chi connectivity index (χ2v) is 5.81. The molecule has 5 heteroatoms. The highest BCUT2D eigenvalue weighted by atomic mass is 19.3. The van der Waals surface area contributed by atoms with Crippen LogP contribution in [0.1, 0.15) is 45.4 Å². The van der Waals surface area contributed by atoms with Crippen LogP contribution in [0.4, 0.5) is 8.78 Å². The molecular weight excluding hydrogens is 250 g/mol. The van der Waals surface area contributed by atoms with E-state index in [1.54, 1.807) is 0 Å². The Kier molecular flexibility index (Phi) is 4.76. The minimum absolute atomic E-state index is 0.0955. The van der Waals surface area contributed by atoms with E-state index in [9.17, 15) is 13.6 Å². The van der Waals surface area contributed by atoms with Gasteiger partial charge in [0.1, 0.15) is 0 Å². The van der Waals surface area contributed by atoms with Crippen LogP contribution in [0.25, 0.3) is 0 Å². The zero-order chi connectivity index (χ0) is 13.9. The van der Waals surface area contributed by atoms with Crippen LogP contribution in [-0.4, -0.2) is 42.4 Å². The van der Waals surface area contributed by atoms with Crippen molar-refractivity contribution in [2.24, 2.45) is 5.92 Å². The smallest absolute Gasteiger partial charge is 0.248 e. The number of carbonyl (C=O) groups excluding carboxylic acids is 1. The van der Waals surface area contributed by atoms with Crippen molar-refractivity contribution in [1.82, 2.24) is 10.2 Å². The van der Waals surface area contributed by atoms with Crippen LogP contribution in [0.15, 0.2) is 0 Å². The van der Waals surface area contributed by atoms with E-state index in [0.717, 1.165) is 32.5 Å². The third kappa shape index (κ3) is 3.88. The van der Waals surface area contributed by atoms with Crippen molar-refractivity contribution in [2.75, 3.05) is 19.6 Å². The van der Waals surface area contributed by atoms with Gasteiger partial charge in [-0.3, -0.25) is 4.79 Å². The van der Waals surface area contributed by atoms with Gasteiger partial charge < -0.3 is 10.2 Å². The van der Waals surface area contributed by atoms with Crippen molar-refractivity contribution in [3.8, 4) is 0 Å². The van der Waals surface area contributed by atoms with Crippen LogP contribution in [0.3, 0.4) is 0 Å². The number of likely N-dealkylation sites (N-methyl/N-ethyl adjacent to an activating group) is 1. The third-order valence-corrected chi connectivity index (χ3v) is 4.29. The molecule has 1 heterocycles. The van der Waals surface area contributed by atoms with Gasteiger partial charge in [-0.2, -0.15) is 0 Å². The van der Waals surface area contributed by atoms with Crippen LogP contribution in [0, 0.1) is 5.92 Å². The Morgan fingerprint density at radius 2 is 2.00 bits per heavy atom. The number of piperidine rings is 1. The predicted molar refractivity (Wildman–Crippen MR) is 70.2 cm³/mol. The Labute approximate surface area is 113 Å². The molecule has 0 bridgehead atoms. The average molecular weight is 274 g/mol. The molecule has 2 rings (SSSR count). The zero-order valence-corrected chi connectivity index (χ0v) is 11.6. The van der Waals surface area contributed by atoms with Gasteiger partial charge in [0, 0.05) is 37.9 Å². The van der Waals surface area contributed by atoms with Crippen LogP contribution in [0.2, 0.25) is 0 Å². The van der Waals surface area contributed by atoms with E-state index >= 15 is 0 Å². The number of likely N-dealkylation sites (tertiary alicyclic amines) is 1. The highest BCUT2D eigenvalue weighted by Gasteiger charge is 2.39. The Morgan fingerprint density at radius 3 is 2.63 bits per heavy atom. The fourth-order valence-corrected chi connectivity index (χ4v) is 3.18. The molecule has 1 atom stereocenters. The highest BCUT2D eigenvalue weighted by molar-refractivity contribution is 5.79. The monoisotopic (exact) mass is 274 g/mol. The van der Waals surface area contributed by atoms with Gasteiger partial charge in [0.2, 0.25) is 11.8 Å². The molecule has 3 nitrogen and oxygen atoms in total. The number of nitrogens with zero attached hydrogens (tertiary/aromatic N) is 1. The summed E-state index contributed by atoms with van der Waals surface area (Å²) in [5, 5.41) is 3.37. The van der Waals surface area contributed by atoms with E-state index < -0.39 is 5.92 Å². The fourth-order valence-electron chi connectivity index (χ4n) is 3.18. The summed E-state index contributed by atoms with van der Waals surface area (Å²) in [6.45, 7) is 4.49. The number of carbonyl (C=O) groups is 1. The van der Waals surface area contributed by atoms with Gasteiger partial charge in [0.25, 0.3) is 0 Å². The summed E-state index contributed by atoms with van der Waals surface area (Å²) in [7, 11) is 0. The normalized spacial score (nSPS) is 28.4. The fraction of sp³-hybridized carbons (Fsp3) is 0.929. The minimum atomic E-state index is -2.55. The lowest BCUT2D eigenvalue weighted by atomic mass is 9.85. The van der Waals surface area contributed by atoms with E-state index in [0.29, 0.717) is 18.9 Å². The van der Waals surface area contributed by atoms with Gasteiger partial charge in [0.05, 0.1) is 0 Å². The van der Waals surface area contributed by atoms with Gasteiger partial charge in [-0.1, -0.05) is 6.92 Å². The third-order valence-electron chi connectivity index (χ3n) is 4.29. The molecule has 1 aliphatic carbocycles. The number of nitrogens with one attached hydrogen (secondary N) is 1. The molecule has 2 aliphatic rings. The Balaban J connectivity index is 1.85. The van der Waals surface area contributed by atoms with E-state index in [1.807, 2.05) is 4.90 Å². The molecular formula is C14H24F2N2O. The summed E-state index contributed by atoms with van der Waals surface area (Å²) in [6.07, 6.45) is 2.52. The molecule has 1 saturated heterocycles. The second-order valence-electron chi connectivity index (χ2n) is 5.81. The lowest BCUT2D eigenvalue weighted by molar-refractivity contribution is -0.141. The molecule has 1 unspecified atom stereocenters. The standard InChI is InChI=1S/C14H24F2N2O/c1-2-17-12-4-3-9-18(10-12)13(19)11-5-7-14(15,16)8-6-11/h11-12,17H,2-10H2,1H3. The predicted octanol–water partition coefficient (Wildman–Crippen LogP) is 2.41. The number of hydrogen-bond acceptors (Lipinski definition) is 2. The molecule has 0 aromatic carbocycles. The number of halogens is 2. The van der Waals surface area contributed by atoms with Crippen LogP contribution >= 0.6 is 0 Å². The van der Waals surface area contributed by atoms with Crippen molar-refractivity contribution < 1.29 is 13.6 Å². The average Bonchev–Trinajstić information content (AvgIpc) is 2.39. The summed E-state index contributed by atoms with van der Waals surface area (Å²) in [5.41, 5.74) is 0. The molecule has 19 heavy (non-hydrogen) atoms. The first-order valence-electron chi connectivity index (χ1n) is 7.42. The minimum Gasteiger partial charge on any atom is -0.341 e. The largest absolute Gasteiger partial charge is 0.341 e. The Bertz CT molecular complexity index is 311. The van der Waals surface area contributed by atoms with E-state index in [-0.39, 0.29) is 24.7 Å². The van der Waals surface area contributed by atoms with Gasteiger partial charge >= 0.3 is 0 Å². The Morgan fingerprint density at radius 1 is 1.32 bits per heavy atom. The van der Waals surface area contributed by atoms with Gasteiger partial charge in [0.15, 0.2) is 0 Å². The van der Waals surface area contributed by atoms with Crippen LogP contribution < -0.4 is 5.32 Å². The van der Waals surface area contributed by atoms with Gasteiger partial charge in [-0.15, -0.1) is 0 Å². The quantitative estimate of drug-likeness (QED) is 0.857. The maximum Gasteiger partial charge on any atom is 0.248 e. The van der Waals surface area contributed by atoms with Gasteiger partial charge in [-0.25, -0.2) is 8.78 Å². The maximum absolute atomic E-state index is 13.1. The number of amides is 1. The molecule has 0 spiro atoms. The molecule has 1 amide bonds. The summed E-state index contributed by atoms with van der Waals surface area (Å²) < 4.78 is 26.2. The lowest BCUT2D eigenvalue weighted by Gasteiger charge is -2.37. The molecule has 0 aromatic heterocycles. The number of alkyl halides is 2. The summed E-state index contributed by atoms with van der Waals surface area (Å²) in [4.78, 5) is 14.2. The first kappa shape index (κ1) is 14.7. The molecule has 110 valence electrons. The van der Waals surface area contributed by atoms with Crippen molar-refractivity contribution in [1.29, 1.82) is 0 Å². The molecule has 0 aromatic rings. The van der Waals surface area contributed by atoms with Crippen LogP contribution in [0.5, 0.6) is 0 Å². The highest BCUT2D eigenvalue weighted by Crippen LogP contribution is 2.37. The first-order chi connectivity index (χ1) is 9.02. The van der Waals surface area contributed by atoms with E-state index in [2.05, 4.69) is 12.2 Å². The lowest BCUT2D eigenvalue weighted by Crippen LogP contribution is -2.50. The van der Waals surface area contributed by atoms with Crippen molar-refractivity contribution in [2.45, 2.75) is 57.4 Å². The van der Waals surface area contributed by atoms with Crippen molar-refractivity contribution in [3.63, 3.8) is 0 Å². The second kappa shape index (κ2) is 6.16. The van der Waals surface area contributed by atoms with Gasteiger partial charge in [-0.05, 0) is 32.2 Å². The topological polar surface area (TPSA) is 32.3 Å². The molecule has 1 N–H and O–H groups in total. The van der Waals surface area contributed by atoms with E-state index in [1.165, 1.54) is 0 Å². The van der Waals surface area contributed by atoms with Crippen molar-refractivity contribution in [3.05, 3.63) is 0 Å². The number of hydrogen-bond donors (Lipinski definition) is 1. The first-order valence-corrected chi connectivity index (χ1v) is 7.42. The van der Waals surface area contributed by atoms with E-state index in [4.69, 9.17) is 0 Å². The zero-order valence-electron chi connectivity index (χ0n) is 11.6. The maximum atomic E-state index is 13.1.